The largest absolute Gasteiger partial charge is 0.413 e. The first-order valence-corrected chi connectivity index (χ1v) is 16.7. The zero-order valence-corrected chi connectivity index (χ0v) is 24.9. The zero-order valence-electron chi connectivity index (χ0n) is 23.9. The van der Waals surface area contributed by atoms with Crippen molar-refractivity contribution in [2.24, 2.45) is 11.3 Å². The van der Waals surface area contributed by atoms with Gasteiger partial charge in [0.2, 0.25) is 0 Å². The number of allylic oxidation sites excluding steroid dienone is 3. The maximum absolute atomic E-state index is 13.6. The Hall–Kier alpha value is -2.76. The van der Waals surface area contributed by atoms with Gasteiger partial charge in [0.05, 0.1) is 23.7 Å². The number of hydrogen-bond donors (Lipinski definition) is 0. The van der Waals surface area contributed by atoms with Gasteiger partial charge in [-0.15, -0.1) is 0 Å². The molecule has 0 radical (unpaired) electrons. The quantitative estimate of drug-likeness (QED) is 0.300. The molecule has 38 heavy (non-hydrogen) atoms. The fourth-order valence-electron chi connectivity index (χ4n) is 6.06. The van der Waals surface area contributed by atoms with Gasteiger partial charge in [-0.05, 0) is 97.3 Å². The maximum atomic E-state index is 13.6. The Labute approximate surface area is 228 Å². The van der Waals surface area contributed by atoms with Crippen LogP contribution in [0.25, 0.3) is 11.8 Å². The van der Waals surface area contributed by atoms with Gasteiger partial charge in [-0.25, -0.2) is 9.07 Å². The van der Waals surface area contributed by atoms with E-state index in [2.05, 4.69) is 90.2 Å². The highest BCUT2D eigenvalue weighted by Crippen LogP contribution is 2.54. The van der Waals surface area contributed by atoms with Crippen molar-refractivity contribution in [2.45, 2.75) is 78.1 Å². The highest BCUT2D eigenvalue weighted by molar-refractivity contribution is 6.74. The van der Waals surface area contributed by atoms with Crippen LogP contribution in [-0.4, -0.2) is 24.2 Å². The molecule has 2 aromatic carbocycles. The predicted molar refractivity (Wildman–Crippen MR) is 157 cm³/mol. The van der Waals surface area contributed by atoms with E-state index in [1.165, 1.54) is 34.4 Å². The molecule has 0 unspecified atom stereocenters. The average Bonchev–Trinajstić information content (AvgIpc) is 3.25. The molecule has 0 bridgehead atoms. The molecular weight excluding hydrogens is 487 g/mol. The van der Waals surface area contributed by atoms with Crippen LogP contribution in [0.2, 0.25) is 18.1 Å². The van der Waals surface area contributed by atoms with Crippen molar-refractivity contribution < 1.29 is 8.82 Å². The van der Waals surface area contributed by atoms with E-state index in [1.54, 1.807) is 12.1 Å². The Balaban J connectivity index is 1.56. The summed E-state index contributed by atoms with van der Waals surface area (Å²) in [6.45, 7) is 16.4. The predicted octanol–water partition coefficient (Wildman–Crippen LogP) is 8.56. The fraction of sp³-hybridized carbons (Fsp3) is 0.424. The Morgan fingerprint density at radius 2 is 1.79 bits per heavy atom. The van der Waals surface area contributed by atoms with Crippen molar-refractivity contribution in [3.63, 3.8) is 0 Å². The van der Waals surface area contributed by atoms with E-state index >= 15 is 0 Å². The Bertz CT molecular complexity index is 1360. The van der Waals surface area contributed by atoms with Gasteiger partial charge < -0.3 is 4.43 Å². The van der Waals surface area contributed by atoms with Crippen LogP contribution in [-0.2, 0) is 17.3 Å². The molecule has 3 atom stereocenters. The molecule has 0 spiro atoms. The molecule has 2 aliphatic rings. The maximum Gasteiger partial charge on any atom is 0.192 e. The Kier molecular flexibility index (Phi) is 6.89. The van der Waals surface area contributed by atoms with Crippen molar-refractivity contribution in [2.75, 3.05) is 0 Å². The van der Waals surface area contributed by atoms with E-state index in [4.69, 9.17) is 9.52 Å². The summed E-state index contributed by atoms with van der Waals surface area (Å²) in [4.78, 5) is 0. The van der Waals surface area contributed by atoms with Crippen LogP contribution in [0, 0.1) is 17.2 Å². The van der Waals surface area contributed by atoms with Gasteiger partial charge in [0, 0.05) is 5.41 Å². The minimum Gasteiger partial charge on any atom is -0.413 e. The third kappa shape index (κ3) is 4.87. The van der Waals surface area contributed by atoms with Gasteiger partial charge >= 0.3 is 0 Å². The summed E-state index contributed by atoms with van der Waals surface area (Å²) in [6.07, 6.45) is 9.70. The summed E-state index contributed by atoms with van der Waals surface area (Å²) in [5.41, 5.74) is 7.20. The molecule has 0 fully saturated rings. The van der Waals surface area contributed by atoms with E-state index in [-0.39, 0.29) is 22.4 Å². The third-order valence-corrected chi connectivity index (χ3v) is 13.8. The number of rotatable bonds is 6. The molecular formula is C33H41FN2OSi. The van der Waals surface area contributed by atoms with Crippen molar-refractivity contribution in [3.8, 4) is 5.69 Å². The van der Waals surface area contributed by atoms with Gasteiger partial charge in [-0.3, -0.25) is 0 Å². The highest BCUT2D eigenvalue weighted by atomic mass is 28.4. The topological polar surface area (TPSA) is 27.1 Å². The summed E-state index contributed by atoms with van der Waals surface area (Å²) >= 11 is 0. The van der Waals surface area contributed by atoms with Crippen LogP contribution >= 0.6 is 0 Å². The second kappa shape index (κ2) is 9.76. The van der Waals surface area contributed by atoms with Crippen molar-refractivity contribution in [1.29, 1.82) is 0 Å². The number of aromatic nitrogens is 2. The van der Waals surface area contributed by atoms with Crippen molar-refractivity contribution >= 4 is 14.4 Å². The summed E-state index contributed by atoms with van der Waals surface area (Å²) in [7, 11) is -2.02. The molecule has 5 heteroatoms. The molecule has 3 aromatic rings. The SMILES string of the molecule is CC1=CC[C@H]([C@@H](Cc2ccccc2)O[Si](C)(C)C(C)(C)C)[C@@]2(C)Cc3cnn(-c4ccc(F)cc4)c3C=C12. The van der Waals surface area contributed by atoms with Crippen LogP contribution in [0.5, 0.6) is 0 Å². The lowest BCUT2D eigenvalue weighted by molar-refractivity contribution is 0.0498. The van der Waals surface area contributed by atoms with Gasteiger partial charge in [0.1, 0.15) is 5.82 Å². The van der Waals surface area contributed by atoms with E-state index in [1.807, 2.05) is 10.9 Å². The lowest BCUT2D eigenvalue weighted by atomic mass is 9.58. The minimum absolute atomic E-state index is 0.0652. The molecule has 3 nitrogen and oxygen atoms in total. The minimum atomic E-state index is -2.02. The monoisotopic (exact) mass is 528 g/mol. The van der Waals surface area contributed by atoms with Crippen LogP contribution < -0.4 is 0 Å². The molecule has 2 aliphatic carbocycles. The molecule has 0 saturated heterocycles. The molecule has 0 aliphatic heterocycles. The van der Waals surface area contributed by atoms with E-state index in [0.717, 1.165) is 30.6 Å². The molecule has 200 valence electrons. The summed E-state index contributed by atoms with van der Waals surface area (Å²) < 4.78 is 22.8. The summed E-state index contributed by atoms with van der Waals surface area (Å²) in [6, 6.07) is 17.4. The lowest BCUT2D eigenvalue weighted by Gasteiger charge is -2.50. The first kappa shape index (κ1) is 26.8. The normalized spacial score (nSPS) is 22.3. The number of benzene rings is 2. The summed E-state index contributed by atoms with van der Waals surface area (Å²) in [5, 5.41) is 4.88. The van der Waals surface area contributed by atoms with E-state index in [0.29, 0.717) is 5.92 Å². The Morgan fingerprint density at radius 1 is 1.11 bits per heavy atom. The van der Waals surface area contributed by atoms with Crippen molar-refractivity contribution in [1.82, 2.24) is 9.78 Å². The van der Waals surface area contributed by atoms with Gasteiger partial charge in [0.25, 0.3) is 0 Å². The molecule has 1 heterocycles. The van der Waals surface area contributed by atoms with Gasteiger partial charge in [-0.1, -0.05) is 69.7 Å². The summed E-state index contributed by atoms with van der Waals surface area (Å²) in [5.74, 6) is 0.106. The zero-order chi connectivity index (χ0) is 27.3. The number of hydrogen-bond acceptors (Lipinski definition) is 2. The first-order valence-electron chi connectivity index (χ1n) is 13.8. The van der Waals surface area contributed by atoms with Gasteiger partial charge in [-0.2, -0.15) is 5.10 Å². The second-order valence-electron chi connectivity index (χ2n) is 12.9. The highest BCUT2D eigenvalue weighted by Gasteiger charge is 2.49. The standard InChI is InChI=1S/C33H41FN2OSi/c1-23-13-18-28(31(19-24-11-9-8-10-12-24)37-38(6,7)32(2,3)4)33(5)21-25-22-35-36(30(25)20-29(23)33)27-16-14-26(34)15-17-27/h8-17,20,22,28,31H,18-19,21H2,1-7H3/t28-,31-,33-/m1/s1. The second-order valence-corrected chi connectivity index (χ2v) is 17.7. The van der Waals surface area contributed by atoms with Crippen molar-refractivity contribution in [3.05, 3.63) is 101 Å². The van der Waals surface area contributed by atoms with Gasteiger partial charge in [0.15, 0.2) is 8.32 Å². The lowest BCUT2D eigenvalue weighted by Crippen LogP contribution is -2.51. The van der Waals surface area contributed by atoms with E-state index < -0.39 is 8.32 Å². The number of nitrogens with zero attached hydrogens (tertiary/aromatic N) is 2. The average molecular weight is 529 g/mol. The van der Waals surface area contributed by atoms with Crippen LogP contribution in [0.3, 0.4) is 0 Å². The molecule has 5 rings (SSSR count). The third-order valence-electron chi connectivity index (χ3n) is 9.31. The van der Waals surface area contributed by atoms with Crippen LogP contribution in [0.1, 0.15) is 57.9 Å². The van der Waals surface area contributed by atoms with E-state index in [9.17, 15) is 4.39 Å². The molecule has 0 saturated carbocycles. The fourth-order valence-corrected chi connectivity index (χ4v) is 7.42. The smallest absolute Gasteiger partial charge is 0.192 e. The molecule has 0 amide bonds. The number of fused-ring (bicyclic) bond motifs is 2. The number of halogens is 1. The molecule has 1 aromatic heterocycles. The first-order chi connectivity index (χ1) is 17.9. The van der Waals surface area contributed by atoms with Crippen LogP contribution in [0.4, 0.5) is 4.39 Å². The molecule has 0 N–H and O–H groups in total. The Morgan fingerprint density at radius 3 is 2.45 bits per heavy atom. The van der Waals surface area contributed by atoms with Crippen LogP contribution in [0.15, 0.2) is 78.0 Å².